The second-order valence-corrected chi connectivity index (χ2v) is 8.05. The summed E-state index contributed by atoms with van der Waals surface area (Å²) >= 11 is 1.28. The van der Waals surface area contributed by atoms with Crippen molar-refractivity contribution in [2.75, 3.05) is 5.32 Å². The molecule has 1 unspecified atom stereocenters. The maximum atomic E-state index is 12.7. The van der Waals surface area contributed by atoms with Gasteiger partial charge >= 0.3 is 0 Å². The van der Waals surface area contributed by atoms with Crippen LogP contribution in [0, 0.1) is 0 Å². The first-order valence-corrected chi connectivity index (χ1v) is 10.1. The normalized spacial score (nSPS) is 12.4. The summed E-state index contributed by atoms with van der Waals surface area (Å²) in [4.78, 5) is 20.5. The van der Waals surface area contributed by atoms with E-state index >= 15 is 0 Å². The number of aromatic amines is 1. The van der Waals surface area contributed by atoms with E-state index in [2.05, 4.69) is 25.5 Å². The summed E-state index contributed by atoms with van der Waals surface area (Å²) in [6.07, 6.45) is 0. The molecule has 6 nitrogen and oxygen atoms in total. The molecule has 5 rings (SSSR count). The lowest BCUT2D eigenvalue weighted by Crippen LogP contribution is -2.22. The van der Waals surface area contributed by atoms with Crippen molar-refractivity contribution in [3.63, 3.8) is 0 Å². The van der Waals surface area contributed by atoms with Crippen LogP contribution in [0.3, 0.4) is 0 Å². The van der Waals surface area contributed by atoms with Gasteiger partial charge in [-0.3, -0.25) is 4.79 Å². The van der Waals surface area contributed by atoms with E-state index in [-0.39, 0.29) is 11.2 Å². The molecule has 1 atom stereocenters. The molecule has 0 saturated heterocycles. The highest BCUT2D eigenvalue weighted by atomic mass is 32.2. The number of aromatic nitrogens is 4. The fourth-order valence-electron chi connectivity index (χ4n) is 3.34. The number of fused-ring (bicyclic) bond motifs is 4. The third-order valence-electron chi connectivity index (χ3n) is 4.80. The standard InChI is InChI=1S/C22H17N5OS/c1-13(21(28)24-17-12-6-8-14-7-2-3-9-15(14)17)29-22-25-20-19(26-27-22)16-10-4-5-11-18(16)23-20/h2-13H,1H3,(H,24,28)(H,23,25,27). The number of carbonyl (C=O) groups excluding carboxylic acids is 1. The number of amides is 1. The van der Waals surface area contributed by atoms with Gasteiger partial charge in [0.25, 0.3) is 0 Å². The number of hydrogen-bond acceptors (Lipinski definition) is 5. The molecule has 2 heterocycles. The van der Waals surface area contributed by atoms with Crippen LogP contribution >= 0.6 is 11.8 Å². The van der Waals surface area contributed by atoms with Crippen molar-refractivity contribution >= 4 is 56.2 Å². The molecule has 0 aliphatic rings. The van der Waals surface area contributed by atoms with Crippen molar-refractivity contribution in [1.29, 1.82) is 0 Å². The van der Waals surface area contributed by atoms with E-state index < -0.39 is 0 Å². The third-order valence-corrected chi connectivity index (χ3v) is 5.75. The number of carbonyl (C=O) groups is 1. The van der Waals surface area contributed by atoms with Crippen molar-refractivity contribution in [3.8, 4) is 0 Å². The largest absolute Gasteiger partial charge is 0.338 e. The van der Waals surface area contributed by atoms with Gasteiger partial charge in [0.15, 0.2) is 5.65 Å². The fraction of sp³-hybridized carbons (Fsp3) is 0.0909. The SMILES string of the molecule is CC(Sc1nnc2c(n1)[nH]c1ccccc12)C(=O)Nc1cccc2ccccc12. The molecular formula is C22H17N5OS. The average Bonchev–Trinajstić information content (AvgIpc) is 3.11. The topological polar surface area (TPSA) is 83.6 Å². The summed E-state index contributed by atoms with van der Waals surface area (Å²) in [7, 11) is 0. The number of nitrogens with one attached hydrogen (secondary N) is 2. The predicted octanol–water partition coefficient (Wildman–Crippen LogP) is 4.78. The first kappa shape index (κ1) is 17.6. The summed E-state index contributed by atoms with van der Waals surface area (Å²) in [5.74, 6) is -0.105. The Morgan fingerprint density at radius 3 is 2.62 bits per heavy atom. The van der Waals surface area contributed by atoms with Crippen LogP contribution in [0.4, 0.5) is 5.69 Å². The molecular weight excluding hydrogens is 382 g/mol. The molecule has 0 radical (unpaired) electrons. The molecule has 0 saturated carbocycles. The van der Waals surface area contributed by atoms with Gasteiger partial charge in [0.1, 0.15) is 5.52 Å². The molecule has 7 heteroatoms. The number of rotatable bonds is 4. The summed E-state index contributed by atoms with van der Waals surface area (Å²) in [6.45, 7) is 1.84. The van der Waals surface area contributed by atoms with Crippen LogP contribution in [-0.4, -0.2) is 31.3 Å². The number of hydrogen-bond donors (Lipinski definition) is 2. The zero-order valence-electron chi connectivity index (χ0n) is 15.6. The van der Waals surface area contributed by atoms with Gasteiger partial charge in [-0.25, -0.2) is 4.98 Å². The van der Waals surface area contributed by atoms with Crippen molar-refractivity contribution in [3.05, 3.63) is 66.7 Å². The van der Waals surface area contributed by atoms with Crippen LogP contribution in [-0.2, 0) is 4.79 Å². The highest BCUT2D eigenvalue weighted by Crippen LogP contribution is 2.27. The smallest absolute Gasteiger partial charge is 0.237 e. The van der Waals surface area contributed by atoms with Gasteiger partial charge < -0.3 is 10.3 Å². The fourth-order valence-corrected chi connectivity index (χ4v) is 4.05. The Kier molecular flexibility index (Phi) is 4.37. The van der Waals surface area contributed by atoms with Gasteiger partial charge in [-0.05, 0) is 24.4 Å². The quantitative estimate of drug-likeness (QED) is 0.425. The van der Waals surface area contributed by atoms with Gasteiger partial charge in [0.2, 0.25) is 11.1 Å². The monoisotopic (exact) mass is 399 g/mol. The second-order valence-electron chi connectivity index (χ2n) is 6.74. The first-order chi connectivity index (χ1) is 14.2. The minimum absolute atomic E-state index is 0.105. The van der Waals surface area contributed by atoms with Crippen LogP contribution in [0.25, 0.3) is 32.8 Å². The maximum absolute atomic E-state index is 12.7. The van der Waals surface area contributed by atoms with E-state index in [9.17, 15) is 4.79 Å². The third kappa shape index (κ3) is 3.30. The molecule has 0 bridgehead atoms. The highest BCUT2D eigenvalue weighted by Gasteiger charge is 2.18. The summed E-state index contributed by atoms with van der Waals surface area (Å²) in [5, 5.41) is 14.7. The van der Waals surface area contributed by atoms with Crippen LogP contribution in [0.15, 0.2) is 71.9 Å². The van der Waals surface area contributed by atoms with Crippen LogP contribution in [0.2, 0.25) is 0 Å². The van der Waals surface area contributed by atoms with Gasteiger partial charge in [0.05, 0.1) is 5.25 Å². The minimum Gasteiger partial charge on any atom is -0.338 e. The number of para-hydroxylation sites is 1. The van der Waals surface area contributed by atoms with Crippen molar-refractivity contribution in [2.45, 2.75) is 17.3 Å². The minimum atomic E-state index is -0.377. The van der Waals surface area contributed by atoms with E-state index in [1.54, 1.807) is 0 Å². The Balaban J connectivity index is 1.37. The van der Waals surface area contributed by atoms with Crippen molar-refractivity contribution in [1.82, 2.24) is 20.2 Å². The summed E-state index contributed by atoms with van der Waals surface area (Å²) < 4.78 is 0. The Hall–Kier alpha value is -3.45. The zero-order valence-corrected chi connectivity index (χ0v) is 16.4. The molecule has 0 aliphatic carbocycles. The van der Waals surface area contributed by atoms with Crippen molar-refractivity contribution < 1.29 is 4.79 Å². The van der Waals surface area contributed by atoms with Crippen LogP contribution in [0.1, 0.15) is 6.92 Å². The molecule has 2 aromatic heterocycles. The molecule has 0 spiro atoms. The predicted molar refractivity (Wildman–Crippen MR) is 117 cm³/mol. The number of thioether (sulfide) groups is 1. The molecule has 3 aromatic carbocycles. The zero-order chi connectivity index (χ0) is 19.8. The molecule has 142 valence electrons. The number of benzene rings is 3. The second kappa shape index (κ2) is 7.18. The van der Waals surface area contributed by atoms with Crippen LogP contribution < -0.4 is 5.32 Å². The summed E-state index contributed by atoms with van der Waals surface area (Å²) in [6, 6.07) is 21.7. The van der Waals surface area contributed by atoms with E-state index in [1.807, 2.05) is 73.7 Å². The Bertz CT molecular complexity index is 1360. The lowest BCUT2D eigenvalue weighted by molar-refractivity contribution is -0.115. The van der Waals surface area contributed by atoms with E-state index in [4.69, 9.17) is 0 Å². The van der Waals surface area contributed by atoms with Gasteiger partial charge in [0, 0.05) is 22.0 Å². The van der Waals surface area contributed by atoms with Crippen molar-refractivity contribution in [2.24, 2.45) is 0 Å². The highest BCUT2D eigenvalue weighted by molar-refractivity contribution is 8.00. The van der Waals surface area contributed by atoms with Gasteiger partial charge in [-0.1, -0.05) is 66.4 Å². The molecule has 0 fully saturated rings. The molecule has 0 aliphatic heterocycles. The van der Waals surface area contributed by atoms with E-state index in [1.165, 1.54) is 11.8 Å². The average molecular weight is 399 g/mol. The van der Waals surface area contributed by atoms with E-state index in [0.29, 0.717) is 10.8 Å². The Labute approximate surface area is 170 Å². The molecule has 29 heavy (non-hydrogen) atoms. The number of nitrogens with zero attached hydrogens (tertiary/aromatic N) is 3. The summed E-state index contributed by atoms with van der Waals surface area (Å²) in [5.41, 5.74) is 3.17. The Morgan fingerprint density at radius 1 is 0.966 bits per heavy atom. The molecule has 5 aromatic rings. The first-order valence-electron chi connectivity index (χ1n) is 9.25. The molecule has 2 N–H and O–H groups in total. The van der Waals surface area contributed by atoms with Crippen LogP contribution in [0.5, 0.6) is 0 Å². The lowest BCUT2D eigenvalue weighted by atomic mass is 10.1. The maximum Gasteiger partial charge on any atom is 0.237 e. The van der Waals surface area contributed by atoms with Gasteiger partial charge in [-0.2, -0.15) is 0 Å². The number of anilines is 1. The lowest BCUT2D eigenvalue weighted by Gasteiger charge is -2.12. The van der Waals surface area contributed by atoms with Gasteiger partial charge in [-0.15, -0.1) is 10.2 Å². The molecule has 1 amide bonds. The number of H-pyrrole nitrogens is 1. The Morgan fingerprint density at radius 2 is 1.72 bits per heavy atom. The van der Waals surface area contributed by atoms with E-state index in [0.717, 1.165) is 32.9 Å².